The number of esters is 1. The minimum absolute atomic E-state index is 0.0128. The lowest BCUT2D eigenvalue weighted by atomic mass is 10.1. The van der Waals surface area contributed by atoms with Crippen molar-refractivity contribution in [3.8, 4) is 0 Å². The van der Waals surface area contributed by atoms with Crippen LogP contribution in [0.1, 0.15) is 27.6 Å². The van der Waals surface area contributed by atoms with Crippen LogP contribution in [-0.2, 0) is 14.9 Å². The Kier molecular flexibility index (Phi) is 4.04. The highest BCUT2D eigenvalue weighted by Gasteiger charge is 2.27. The van der Waals surface area contributed by atoms with Crippen LogP contribution in [0.5, 0.6) is 0 Å². The molecule has 0 atom stereocenters. The van der Waals surface area contributed by atoms with Gasteiger partial charge in [-0.05, 0) is 19.1 Å². The SMILES string of the molecule is CCOC(=O)c1cccc(C(=O)O)c1S(=O)(=O)O. The number of carboxylic acid groups (broad SMARTS) is 1. The van der Waals surface area contributed by atoms with Crippen LogP contribution in [0.25, 0.3) is 0 Å². The molecule has 98 valence electrons. The van der Waals surface area contributed by atoms with Crippen LogP contribution < -0.4 is 0 Å². The number of rotatable bonds is 4. The first-order valence-corrected chi connectivity index (χ1v) is 6.24. The van der Waals surface area contributed by atoms with E-state index in [1.54, 1.807) is 0 Å². The fourth-order valence-corrected chi connectivity index (χ4v) is 2.22. The van der Waals surface area contributed by atoms with Crippen molar-refractivity contribution in [3.63, 3.8) is 0 Å². The number of carbonyl (C=O) groups excluding carboxylic acids is 1. The second kappa shape index (κ2) is 5.15. The van der Waals surface area contributed by atoms with Crippen LogP contribution in [0, 0.1) is 0 Å². The van der Waals surface area contributed by atoms with Gasteiger partial charge in [-0.2, -0.15) is 8.42 Å². The lowest BCUT2D eigenvalue weighted by Gasteiger charge is -2.08. The molecule has 1 rings (SSSR count). The summed E-state index contributed by atoms with van der Waals surface area (Å²) in [6, 6.07) is 3.21. The van der Waals surface area contributed by atoms with E-state index >= 15 is 0 Å². The topological polar surface area (TPSA) is 118 Å². The molecule has 0 aliphatic rings. The van der Waals surface area contributed by atoms with E-state index in [4.69, 9.17) is 9.66 Å². The number of ether oxygens (including phenoxy) is 1. The molecule has 18 heavy (non-hydrogen) atoms. The largest absolute Gasteiger partial charge is 0.478 e. The molecule has 0 spiro atoms. The number of benzene rings is 1. The molecule has 0 saturated carbocycles. The molecule has 1 aromatic carbocycles. The van der Waals surface area contributed by atoms with Crippen molar-refractivity contribution in [2.75, 3.05) is 6.61 Å². The van der Waals surface area contributed by atoms with Gasteiger partial charge in [-0.15, -0.1) is 0 Å². The lowest BCUT2D eigenvalue weighted by Crippen LogP contribution is -2.16. The summed E-state index contributed by atoms with van der Waals surface area (Å²) in [5, 5.41) is 8.84. The summed E-state index contributed by atoms with van der Waals surface area (Å²) < 4.78 is 36.0. The fourth-order valence-electron chi connectivity index (χ4n) is 1.35. The van der Waals surface area contributed by atoms with E-state index in [9.17, 15) is 18.0 Å². The van der Waals surface area contributed by atoms with Crippen LogP contribution in [-0.4, -0.2) is 36.6 Å². The molecule has 0 aliphatic heterocycles. The summed E-state index contributed by atoms with van der Waals surface area (Å²) in [7, 11) is -4.85. The first-order chi connectivity index (χ1) is 8.29. The Morgan fingerprint density at radius 3 is 2.28 bits per heavy atom. The molecule has 0 unspecified atom stereocenters. The molecular formula is C10H10O7S. The van der Waals surface area contributed by atoms with E-state index in [-0.39, 0.29) is 6.61 Å². The monoisotopic (exact) mass is 274 g/mol. The average molecular weight is 274 g/mol. The number of carboxylic acids is 1. The van der Waals surface area contributed by atoms with Crippen LogP contribution >= 0.6 is 0 Å². The highest BCUT2D eigenvalue weighted by atomic mass is 32.2. The van der Waals surface area contributed by atoms with Crippen molar-refractivity contribution in [3.05, 3.63) is 29.3 Å². The van der Waals surface area contributed by atoms with Gasteiger partial charge in [-0.25, -0.2) is 9.59 Å². The van der Waals surface area contributed by atoms with Gasteiger partial charge in [0.2, 0.25) is 0 Å². The Labute approximate surface area is 103 Å². The van der Waals surface area contributed by atoms with Crippen LogP contribution in [0.4, 0.5) is 0 Å². The van der Waals surface area contributed by atoms with Gasteiger partial charge in [0.15, 0.2) is 0 Å². The summed E-state index contributed by atoms with van der Waals surface area (Å²) in [6.07, 6.45) is 0. The van der Waals surface area contributed by atoms with E-state index in [1.807, 2.05) is 0 Å². The zero-order valence-electron chi connectivity index (χ0n) is 9.28. The summed E-state index contributed by atoms with van der Waals surface area (Å²) in [6.45, 7) is 1.49. The van der Waals surface area contributed by atoms with E-state index in [1.165, 1.54) is 13.0 Å². The zero-order chi connectivity index (χ0) is 13.9. The Hall–Kier alpha value is -1.93. The maximum absolute atomic E-state index is 11.5. The third-order valence-electron chi connectivity index (χ3n) is 2.00. The standard InChI is InChI=1S/C10H10O7S/c1-2-17-10(13)7-5-3-4-6(9(11)12)8(7)18(14,15)16/h3-5H,2H2,1H3,(H,11,12)(H,14,15,16). The van der Waals surface area contributed by atoms with Crippen molar-refractivity contribution in [1.29, 1.82) is 0 Å². The third-order valence-corrected chi connectivity index (χ3v) is 2.95. The van der Waals surface area contributed by atoms with Gasteiger partial charge in [-0.3, -0.25) is 4.55 Å². The van der Waals surface area contributed by atoms with Crippen molar-refractivity contribution < 1.29 is 32.4 Å². The summed E-state index contributed by atoms with van der Waals surface area (Å²) >= 11 is 0. The Bertz CT molecular complexity index is 588. The van der Waals surface area contributed by atoms with Crippen molar-refractivity contribution in [1.82, 2.24) is 0 Å². The predicted octanol–water partition coefficient (Wildman–Crippen LogP) is 0.808. The van der Waals surface area contributed by atoms with E-state index < -0.39 is 38.1 Å². The van der Waals surface area contributed by atoms with Gasteiger partial charge in [0.1, 0.15) is 4.90 Å². The molecule has 7 nitrogen and oxygen atoms in total. The van der Waals surface area contributed by atoms with Crippen LogP contribution in [0.3, 0.4) is 0 Å². The lowest BCUT2D eigenvalue weighted by molar-refractivity contribution is 0.0521. The van der Waals surface area contributed by atoms with E-state index in [0.29, 0.717) is 0 Å². The average Bonchev–Trinajstić information content (AvgIpc) is 2.27. The molecule has 0 amide bonds. The zero-order valence-corrected chi connectivity index (χ0v) is 10.1. The number of hydrogen-bond donors (Lipinski definition) is 2. The maximum Gasteiger partial charge on any atom is 0.339 e. The first-order valence-electron chi connectivity index (χ1n) is 4.80. The Morgan fingerprint density at radius 1 is 1.28 bits per heavy atom. The summed E-state index contributed by atoms with van der Waals surface area (Å²) in [5.74, 6) is -2.60. The molecular weight excluding hydrogens is 264 g/mol. The molecule has 2 N–H and O–H groups in total. The minimum atomic E-state index is -4.85. The molecule has 0 fully saturated rings. The molecule has 0 aliphatic carbocycles. The van der Waals surface area contributed by atoms with Gasteiger partial charge in [0.05, 0.1) is 17.7 Å². The molecule has 8 heteroatoms. The van der Waals surface area contributed by atoms with Crippen LogP contribution in [0.15, 0.2) is 23.1 Å². The molecule has 1 aromatic rings. The maximum atomic E-state index is 11.5. The van der Waals surface area contributed by atoms with Crippen LogP contribution in [0.2, 0.25) is 0 Å². The fraction of sp³-hybridized carbons (Fsp3) is 0.200. The highest BCUT2D eigenvalue weighted by Crippen LogP contribution is 2.21. The van der Waals surface area contributed by atoms with E-state index in [0.717, 1.165) is 12.1 Å². The number of aromatic carboxylic acids is 1. The van der Waals surface area contributed by atoms with Crippen molar-refractivity contribution in [2.45, 2.75) is 11.8 Å². The minimum Gasteiger partial charge on any atom is -0.478 e. The highest BCUT2D eigenvalue weighted by molar-refractivity contribution is 7.86. The molecule has 0 saturated heterocycles. The molecule has 0 heterocycles. The summed E-state index contributed by atoms with van der Waals surface area (Å²) in [5.41, 5.74) is -1.21. The summed E-state index contributed by atoms with van der Waals surface area (Å²) in [4.78, 5) is 21.4. The Morgan fingerprint density at radius 2 is 1.83 bits per heavy atom. The third kappa shape index (κ3) is 2.84. The second-order valence-electron chi connectivity index (χ2n) is 3.18. The number of hydrogen-bond acceptors (Lipinski definition) is 5. The molecule has 0 radical (unpaired) electrons. The second-order valence-corrected chi connectivity index (χ2v) is 4.54. The van der Waals surface area contributed by atoms with Gasteiger partial charge in [-0.1, -0.05) is 6.07 Å². The predicted molar refractivity (Wildman–Crippen MR) is 59.2 cm³/mol. The number of carbonyl (C=O) groups is 2. The van der Waals surface area contributed by atoms with Crippen molar-refractivity contribution >= 4 is 22.1 Å². The smallest absolute Gasteiger partial charge is 0.339 e. The van der Waals surface area contributed by atoms with Gasteiger partial charge in [0, 0.05) is 0 Å². The quantitative estimate of drug-likeness (QED) is 0.616. The van der Waals surface area contributed by atoms with Gasteiger partial charge >= 0.3 is 11.9 Å². The van der Waals surface area contributed by atoms with E-state index in [2.05, 4.69) is 4.74 Å². The normalized spacial score (nSPS) is 11.0. The van der Waals surface area contributed by atoms with Gasteiger partial charge in [0.25, 0.3) is 10.1 Å². The Balaban J connectivity index is 3.58. The molecule has 0 bridgehead atoms. The first kappa shape index (κ1) is 14.1. The van der Waals surface area contributed by atoms with Gasteiger partial charge < -0.3 is 9.84 Å². The van der Waals surface area contributed by atoms with Crippen molar-refractivity contribution in [2.24, 2.45) is 0 Å². The molecule has 0 aromatic heterocycles.